The van der Waals surface area contributed by atoms with Gasteiger partial charge in [-0.3, -0.25) is 9.59 Å². The smallest absolute Gasteiger partial charge is 0.261 e. The monoisotopic (exact) mass is 518 g/mol. The zero-order valence-corrected chi connectivity index (χ0v) is 21.8. The maximum atomic E-state index is 13.3. The summed E-state index contributed by atoms with van der Waals surface area (Å²) in [5, 5.41) is 2.97. The summed E-state index contributed by atoms with van der Waals surface area (Å²) in [6.45, 7) is 8.74. The van der Waals surface area contributed by atoms with Crippen LogP contribution < -0.4 is 14.8 Å². The lowest BCUT2D eigenvalue weighted by Gasteiger charge is -2.31. The zero-order chi connectivity index (χ0) is 24.4. The van der Waals surface area contributed by atoms with Crippen LogP contribution >= 0.6 is 15.9 Å². The first kappa shape index (κ1) is 26.7. The van der Waals surface area contributed by atoms with Crippen molar-refractivity contribution in [3.63, 3.8) is 0 Å². The number of carbonyl (C=O) groups excluding carboxylic acids is 2. The molecule has 0 aliphatic carbocycles. The molecular weight excluding hydrogens is 484 g/mol. The molecule has 2 amide bonds. The van der Waals surface area contributed by atoms with Gasteiger partial charge in [0.2, 0.25) is 5.91 Å². The number of nitrogens with zero attached hydrogens (tertiary/aromatic N) is 1. The average Bonchev–Trinajstić information content (AvgIpc) is 2.81. The van der Waals surface area contributed by atoms with Gasteiger partial charge in [-0.05, 0) is 70.1 Å². The molecule has 2 aromatic carbocycles. The Hall–Kier alpha value is -2.54. The lowest BCUT2D eigenvalue weighted by atomic mass is 10.1. The highest BCUT2D eigenvalue weighted by Crippen LogP contribution is 2.26. The van der Waals surface area contributed by atoms with Gasteiger partial charge in [-0.1, -0.05) is 45.9 Å². The first-order chi connectivity index (χ1) is 15.8. The summed E-state index contributed by atoms with van der Waals surface area (Å²) in [6.07, 6.45) is 1.41. The number of nitrogens with one attached hydrogen (secondary N) is 1. The third-order valence-corrected chi connectivity index (χ3v) is 5.93. The Labute approximate surface area is 205 Å². The van der Waals surface area contributed by atoms with E-state index in [-0.39, 0.29) is 25.0 Å². The van der Waals surface area contributed by atoms with Gasteiger partial charge < -0.3 is 19.7 Å². The third kappa shape index (κ3) is 8.07. The highest BCUT2D eigenvalue weighted by molar-refractivity contribution is 9.10. The molecule has 0 aromatic heterocycles. The molecule has 33 heavy (non-hydrogen) atoms. The second kappa shape index (κ2) is 13.2. The molecule has 180 valence electrons. The SMILES string of the molecule is CCc1ccc(OCC(=O)N(Cc2cccc(OC)c2)[C@H](CC)C(=O)NCC(C)C)c(Br)c1. The molecule has 7 heteroatoms. The number of amides is 2. The van der Waals surface area contributed by atoms with Crippen molar-refractivity contribution in [2.75, 3.05) is 20.3 Å². The number of rotatable bonds is 12. The Morgan fingerprint density at radius 2 is 1.85 bits per heavy atom. The quantitative estimate of drug-likeness (QED) is 0.430. The number of benzene rings is 2. The van der Waals surface area contributed by atoms with E-state index in [0.717, 1.165) is 16.5 Å². The molecule has 1 atom stereocenters. The van der Waals surface area contributed by atoms with Gasteiger partial charge in [0.1, 0.15) is 17.5 Å². The molecule has 0 saturated carbocycles. The van der Waals surface area contributed by atoms with Crippen LogP contribution in [0.2, 0.25) is 0 Å². The van der Waals surface area contributed by atoms with Crippen LogP contribution in [-0.2, 0) is 22.6 Å². The predicted octanol–water partition coefficient (Wildman–Crippen LogP) is 4.98. The van der Waals surface area contributed by atoms with Crippen LogP contribution in [0.3, 0.4) is 0 Å². The van der Waals surface area contributed by atoms with Crippen LogP contribution in [0, 0.1) is 5.92 Å². The van der Waals surface area contributed by atoms with Crippen molar-refractivity contribution in [2.24, 2.45) is 5.92 Å². The lowest BCUT2D eigenvalue weighted by Crippen LogP contribution is -2.50. The van der Waals surface area contributed by atoms with Crippen LogP contribution in [0.15, 0.2) is 46.9 Å². The van der Waals surface area contributed by atoms with Crippen molar-refractivity contribution in [3.8, 4) is 11.5 Å². The number of hydrogen-bond donors (Lipinski definition) is 1. The van der Waals surface area contributed by atoms with Crippen molar-refractivity contribution < 1.29 is 19.1 Å². The minimum absolute atomic E-state index is 0.157. The summed E-state index contributed by atoms with van der Waals surface area (Å²) in [5.41, 5.74) is 2.05. The molecule has 0 radical (unpaired) electrons. The molecule has 0 heterocycles. The van der Waals surface area contributed by atoms with Crippen LogP contribution in [0.25, 0.3) is 0 Å². The lowest BCUT2D eigenvalue weighted by molar-refractivity contribution is -0.143. The van der Waals surface area contributed by atoms with Gasteiger partial charge >= 0.3 is 0 Å². The molecule has 1 N–H and O–H groups in total. The molecule has 0 unspecified atom stereocenters. The van der Waals surface area contributed by atoms with E-state index in [9.17, 15) is 9.59 Å². The number of aryl methyl sites for hydroxylation is 1. The molecule has 0 spiro atoms. The summed E-state index contributed by atoms with van der Waals surface area (Å²) >= 11 is 3.52. The van der Waals surface area contributed by atoms with E-state index in [1.165, 1.54) is 5.56 Å². The highest BCUT2D eigenvalue weighted by atomic mass is 79.9. The molecule has 0 aliphatic rings. The maximum Gasteiger partial charge on any atom is 0.261 e. The van der Waals surface area contributed by atoms with E-state index in [2.05, 4.69) is 28.2 Å². The van der Waals surface area contributed by atoms with Crippen molar-refractivity contribution in [1.29, 1.82) is 0 Å². The molecule has 0 bridgehead atoms. The second-order valence-corrected chi connectivity index (χ2v) is 9.20. The average molecular weight is 519 g/mol. The van der Waals surface area contributed by atoms with E-state index < -0.39 is 6.04 Å². The van der Waals surface area contributed by atoms with Crippen LogP contribution in [0.1, 0.15) is 45.2 Å². The van der Waals surface area contributed by atoms with Crippen molar-refractivity contribution in [1.82, 2.24) is 10.2 Å². The van der Waals surface area contributed by atoms with Gasteiger partial charge in [0.15, 0.2) is 6.61 Å². The Morgan fingerprint density at radius 3 is 2.45 bits per heavy atom. The first-order valence-corrected chi connectivity index (χ1v) is 12.2. The van der Waals surface area contributed by atoms with Gasteiger partial charge in [-0.25, -0.2) is 0 Å². The molecule has 0 saturated heterocycles. The van der Waals surface area contributed by atoms with Gasteiger partial charge in [0.25, 0.3) is 5.91 Å². The first-order valence-electron chi connectivity index (χ1n) is 11.4. The largest absolute Gasteiger partial charge is 0.497 e. The van der Waals surface area contributed by atoms with Gasteiger partial charge in [-0.15, -0.1) is 0 Å². The van der Waals surface area contributed by atoms with E-state index in [1.807, 2.05) is 63.2 Å². The van der Waals surface area contributed by atoms with E-state index >= 15 is 0 Å². The van der Waals surface area contributed by atoms with E-state index in [4.69, 9.17) is 9.47 Å². The Morgan fingerprint density at radius 1 is 1.09 bits per heavy atom. The molecular formula is C26H35BrN2O4. The fourth-order valence-electron chi connectivity index (χ4n) is 3.41. The minimum atomic E-state index is -0.600. The molecule has 2 rings (SSSR count). The summed E-state index contributed by atoms with van der Waals surface area (Å²) in [6, 6.07) is 12.7. The Kier molecular flexibility index (Phi) is 10.7. The van der Waals surface area contributed by atoms with Crippen LogP contribution in [0.5, 0.6) is 11.5 Å². The van der Waals surface area contributed by atoms with E-state index in [0.29, 0.717) is 30.4 Å². The number of carbonyl (C=O) groups is 2. The van der Waals surface area contributed by atoms with Crippen molar-refractivity contribution in [3.05, 3.63) is 58.1 Å². The number of ether oxygens (including phenoxy) is 2. The summed E-state index contributed by atoms with van der Waals surface area (Å²) in [7, 11) is 1.60. The highest BCUT2D eigenvalue weighted by Gasteiger charge is 2.29. The second-order valence-electron chi connectivity index (χ2n) is 8.34. The normalized spacial score (nSPS) is 11.7. The topological polar surface area (TPSA) is 67.9 Å². The summed E-state index contributed by atoms with van der Waals surface area (Å²) in [5.74, 6) is 1.21. The van der Waals surface area contributed by atoms with Crippen molar-refractivity contribution >= 4 is 27.7 Å². The van der Waals surface area contributed by atoms with Crippen LogP contribution in [0.4, 0.5) is 0 Å². The number of hydrogen-bond acceptors (Lipinski definition) is 4. The zero-order valence-electron chi connectivity index (χ0n) is 20.2. The van der Waals surface area contributed by atoms with E-state index in [1.54, 1.807) is 12.0 Å². The summed E-state index contributed by atoms with van der Waals surface area (Å²) in [4.78, 5) is 27.9. The standard InChI is InChI=1S/C26H35BrN2O4/c1-6-19-11-12-24(22(27)14-19)33-17-25(30)29(16-20-9-8-10-21(13-20)32-5)23(7-2)26(31)28-15-18(3)4/h8-14,18,23H,6-7,15-17H2,1-5H3,(H,28,31)/t23-/m1/s1. The minimum Gasteiger partial charge on any atom is -0.497 e. The summed E-state index contributed by atoms with van der Waals surface area (Å²) < 4.78 is 12.0. The van der Waals surface area contributed by atoms with Gasteiger partial charge in [0.05, 0.1) is 11.6 Å². The fourth-order valence-corrected chi connectivity index (χ4v) is 3.95. The maximum absolute atomic E-state index is 13.3. The van der Waals surface area contributed by atoms with Crippen LogP contribution in [-0.4, -0.2) is 43.0 Å². The Balaban J connectivity index is 2.23. The number of methoxy groups -OCH3 is 1. The number of halogens is 1. The van der Waals surface area contributed by atoms with Crippen molar-refractivity contribution in [2.45, 2.75) is 53.1 Å². The molecule has 0 aliphatic heterocycles. The third-order valence-electron chi connectivity index (χ3n) is 5.31. The fraction of sp³-hybridized carbons (Fsp3) is 0.462. The molecule has 0 fully saturated rings. The molecule has 6 nitrogen and oxygen atoms in total. The van der Waals surface area contributed by atoms with Gasteiger partial charge in [0, 0.05) is 13.1 Å². The predicted molar refractivity (Wildman–Crippen MR) is 134 cm³/mol. The molecule has 2 aromatic rings. The van der Waals surface area contributed by atoms with Gasteiger partial charge in [-0.2, -0.15) is 0 Å². The Bertz CT molecular complexity index is 932.